The molecule has 1 amide bonds. The normalized spacial score (nSPS) is 19.5. The molecular formula is C17H23Cl2N5O. The van der Waals surface area contributed by atoms with Crippen LogP contribution in [0.4, 0.5) is 0 Å². The largest absolute Gasteiger partial charge is 0.348 e. The Labute approximate surface area is 158 Å². The second-order valence-electron chi connectivity index (χ2n) is 6.14. The molecule has 0 saturated heterocycles. The Morgan fingerprint density at radius 3 is 2.92 bits per heavy atom. The number of rotatable bonds is 5. The Hall–Kier alpha value is -1.63. The standard InChI is InChI=1S/C17H22ClN5O.ClH/c1-2-15-16(17(24)20-14-8-3-5-11(14)10-19)21-22-23(15)13-7-4-6-12(18)9-13;/h4,6-7,9,11,14H,2-3,5,8,10,19H2,1H3,(H,20,24);1H. The van der Waals surface area contributed by atoms with Crippen molar-refractivity contribution in [3.63, 3.8) is 0 Å². The summed E-state index contributed by atoms with van der Waals surface area (Å²) in [5.41, 5.74) is 7.74. The number of hydrogen-bond acceptors (Lipinski definition) is 4. The van der Waals surface area contributed by atoms with Crippen LogP contribution >= 0.6 is 24.0 Å². The molecule has 1 aromatic heterocycles. The van der Waals surface area contributed by atoms with Crippen LogP contribution in [0.15, 0.2) is 24.3 Å². The highest BCUT2D eigenvalue weighted by atomic mass is 35.5. The van der Waals surface area contributed by atoms with Crippen LogP contribution in [0.3, 0.4) is 0 Å². The van der Waals surface area contributed by atoms with Gasteiger partial charge in [0.05, 0.1) is 11.4 Å². The minimum atomic E-state index is -0.175. The van der Waals surface area contributed by atoms with E-state index in [1.54, 1.807) is 16.8 Å². The fraction of sp³-hybridized carbons (Fsp3) is 0.471. The summed E-state index contributed by atoms with van der Waals surface area (Å²) in [7, 11) is 0. The summed E-state index contributed by atoms with van der Waals surface area (Å²) in [6.45, 7) is 2.58. The number of carbonyl (C=O) groups is 1. The number of benzene rings is 1. The summed E-state index contributed by atoms with van der Waals surface area (Å²) >= 11 is 6.05. The molecule has 1 aliphatic rings. The molecule has 8 heteroatoms. The number of aromatic nitrogens is 3. The quantitative estimate of drug-likeness (QED) is 0.830. The van der Waals surface area contributed by atoms with E-state index in [-0.39, 0.29) is 24.4 Å². The molecule has 3 rings (SSSR count). The molecule has 0 radical (unpaired) electrons. The first-order valence-corrected chi connectivity index (χ1v) is 8.73. The number of amides is 1. The lowest BCUT2D eigenvalue weighted by Crippen LogP contribution is -2.40. The predicted molar refractivity (Wildman–Crippen MR) is 101 cm³/mol. The highest BCUT2D eigenvalue weighted by molar-refractivity contribution is 6.30. The molecule has 2 aromatic rings. The van der Waals surface area contributed by atoms with Crippen molar-refractivity contribution in [2.45, 2.75) is 38.6 Å². The van der Waals surface area contributed by atoms with Gasteiger partial charge in [0.15, 0.2) is 5.69 Å². The fourth-order valence-electron chi connectivity index (χ4n) is 3.36. The SMILES string of the molecule is CCc1c(C(=O)NC2CCCC2CN)nnn1-c1cccc(Cl)c1.Cl. The van der Waals surface area contributed by atoms with Crippen molar-refractivity contribution in [1.29, 1.82) is 0 Å². The summed E-state index contributed by atoms with van der Waals surface area (Å²) in [6.07, 6.45) is 3.78. The molecule has 2 unspecified atom stereocenters. The van der Waals surface area contributed by atoms with E-state index in [0.29, 0.717) is 29.6 Å². The minimum Gasteiger partial charge on any atom is -0.348 e. The van der Waals surface area contributed by atoms with Gasteiger partial charge in [0, 0.05) is 11.1 Å². The van der Waals surface area contributed by atoms with Crippen molar-refractivity contribution in [2.24, 2.45) is 11.7 Å². The third-order valence-electron chi connectivity index (χ3n) is 4.64. The van der Waals surface area contributed by atoms with Crippen molar-refractivity contribution >= 4 is 29.9 Å². The predicted octanol–water partition coefficient (Wildman–Crippen LogP) is 2.76. The Morgan fingerprint density at radius 2 is 2.24 bits per heavy atom. The summed E-state index contributed by atoms with van der Waals surface area (Å²) < 4.78 is 1.68. The van der Waals surface area contributed by atoms with Gasteiger partial charge in [-0.2, -0.15) is 0 Å². The molecule has 6 nitrogen and oxygen atoms in total. The zero-order valence-corrected chi connectivity index (χ0v) is 15.7. The number of nitrogens with one attached hydrogen (secondary N) is 1. The van der Waals surface area contributed by atoms with E-state index in [1.807, 2.05) is 19.1 Å². The molecule has 3 N–H and O–H groups in total. The van der Waals surface area contributed by atoms with Crippen molar-refractivity contribution in [3.05, 3.63) is 40.7 Å². The van der Waals surface area contributed by atoms with Crippen molar-refractivity contribution in [2.75, 3.05) is 6.54 Å². The molecule has 136 valence electrons. The van der Waals surface area contributed by atoms with Gasteiger partial charge in [-0.25, -0.2) is 4.68 Å². The van der Waals surface area contributed by atoms with Crippen LogP contribution in [-0.4, -0.2) is 33.5 Å². The summed E-state index contributed by atoms with van der Waals surface area (Å²) in [6, 6.07) is 7.47. The number of halogens is 2. The number of carbonyl (C=O) groups excluding carboxylic acids is 1. The lowest BCUT2D eigenvalue weighted by atomic mass is 10.0. The topological polar surface area (TPSA) is 85.8 Å². The highest BCUT2D eigenvalue weighted by Crippen LogP contribution is 2.25. The van der Waals surface area contributed by atoms with Crippen LogP contribution in [0.2, 0.25) is 5.02 Å². The minimum absolute atomic E-state index is 0. The number of nitrogens with zero attached hydrogens (tertiary/aromatic N) is 3. The van der Waals surface area contributed by atoms with Crippen LogP contribution in [0, 0.1) is 5.92 Å². The van der Waals surface area contributed by atoms with Crippen LogP contribution in [0.1, 0.15) is 42.4 Å². The van der Waals surface area contributed by atoms with Crippen LogP contribution in [0.25, 0.3) is 5.69 Å². The van der Waals surface area contributed by atoms with Crippen molar-refractivity contribution < 1.29 is 4.79 Å². The van der Waals surface area contributed by atoms with Crippen LogP contribution in [-0.2, 0) is 6.42 Å². The number of hydrogen-bond donors (Lipinski definition) is 2. The van der Waals surface area contributed by atoms with Gasteiger partial charge in [-0.3, -0.25) is 4.79 Å². The van der Waals surface area contributed by atoms with Gasteiger partial charge in [-0.15, -0.1) is 17.5 Å². The molecule has 1 saturated carbocycles. The van der Waals surface area contributed by atoms with E-state index in [4.69, 9.17) is 17.3 Å². The molecule has 25 heavy (non-hydrogen) atoms. The first-order chi connectivity index (χ1) is 11.6. The molecule has 1 aromatic carbocycles. The third kappa shape index (κ3) is 4.14. The fourth-order valence-corrected chi connectivity index (χ4v) is 3.54. The highest BCUT2D eigenvalue weighted by Gasteiger charge is 2.29. The van der Waals surface area contributed by atoms with E-state index < -0.39 is 0 Å². The zero-order chi connectivity index (χ0) is 17.1. The molecule has 0 bridgehead atoms. The maximum absolute atomic E-state index is 12.7. The summed E-state index contributed by atoms with van der Waals surface area (Å²) in [5.74, 6) is 0.174. The van der Waals surface area contributed by atoms with E-state index in [2.05, 4.69) is 15.6 Å². The molecule has 0 spiro atoms. The average molecular weight is 384 g/mol. The first kappa shape index (κ1) is 19.7. The van der Waals surface area contributed by atoms with E-state index in [9.17, 15) is 4.79 Å². The van der Waals surface area contributed by atoms with E-state index in [1.165, 1.54) is 0 Å². The van der Waals surface area contributed by atoms with Gasteiger partial charge in [-0.05, 0) is 49.9 Å². The maximum Gasteiger partial charge on any atom is 0.274 e. The van der Waals surface area contributed by atoms with Gasteiger partial charge in [0.25, 0.3) is 5.91 Å². The smallest absolute Gasteiger partial charge is 0.274 e. The van der Waals surface area contributed by atoms with Crippen LogP contribution in [0.5, 0.6) is 0 Å². The van der Waals surface area contributed by atoms with Gasteiger partial charge in [0.2, 0.25) is 0 Å². The van der Waals surface area contributed by atoms with Crippen molar-refractivity contribution in [1.82, 2.24) is 20.3 Å². The molecule has 1 heterocycles. The Morgan fingerprint density at radius 1 is 1.44 bits per heavy atom. The Bertz CT molecular complexity index is 734. The molecule has 0 aliphatic heterocycles. The molecule has 1 fully saturated rings. The second-order valence-corrected chi connectivity index (χ2v) is 6.57. The molecule has 1 aliphatic carbocycles. The molecular weight excluding hydrogens is 361 g/mol. The lowest BCUT2D eigenvalue weighted by Gasteiger charge is -2.19. The van der Waals surface area contributed by atoms with Gasteiger partial charge in [-0.1, -0.05) is 36.2 Å². The summed E-state index contributed by atoms with van der Waals surface area (Å²) in [4.78, 5) is 12.7. The Kier molecular flexibility index (Phi) is 6.81. The molecule has 2 atom stereocenters. The summed E-state index contributed by atoms with van der Waals surface area (Å²) in [5, 5.41) is 12.0. The second kappa shape index (κ2) is 8.65. The average Bonchev–Trinajstić information content (AvgIpc) is 3.20. The van der Waals surface area contributed by atoms with Gasteiger partial charge < -0.3 is 11.1 Å². The van der Waals surface area contributed by atoms with E-state index >= 15 is 0 Å². The maximum atomic E-state index is 12.7. The monoisotopic (exact) mass is 383 g/mol. The van der Waals surface area contributed by atoms with Crippen LogP contribution < -0.4 is 11.1 Å². The number of nitrogens with two attached hydrogens (primary N) is 1. The van der Waals surface area contributed by atoms with Gasteiger partial charge >= 0.3 is 0 Å². The van der Waals surface area contributed by atoms with E-state index in [0.717, 1.165) is 30.6 Å². The van der Waals surface area contributed by atoms with Crippen molar-refractivity contribution in [3.8, 4) is 5.69 Å². The lowest BCUT2D eigenvalue weighted by molar-refractivity contribution is 0.0922. The Balaban J connectivity index is 0.00000225. The van der Waals surface area contributed by atoms with Gasteiger partial charge in [0.1, 0.15) is 0 Å². The third-order valence-corrected chi connectivity index (χ3v) is 4.88. The first-order valence-electron chi connectivity index (χ1n) is 8.35. The zero-order valence-electron chi connectivity index (χ0n) is 14.1.